The molecule has 1 aromatic carbocycles. The molecule has 0 aliphatic heterocycles. The Kier molecular flexibility index (Phi) is 5.35. The zero-order valence-electron chi connectivity index (χ0n) is 13.2. The number of hydrogen-bond donors (Lipinski definition) is 1. The number of rotatable bonds is 3. The van der Waals surface area contributed by atoms with Gasteiger partial charge in [0.15, 0.2) is 0 Å². The van der Waals surface area contributed by atoms with Gasteiger partial charge in [0.25, 0.3) is 5.91 Å². The second kappa shape index (κ2) is 7.05. The van der Waals surface area contributed by atoms with Crippen molar-refractivity contribution in [1.82, 2.24) is 5.43 Å². The first-order chi connectivity index (χ1) is 10.4. The van der Waals surface area contributed by atoms with Crippen LogP contribution < -0.4 is 5.43 Å². The monoisotopic (exact) mass is 360 g/mol. The van der Waals surface area contributed by atoms with E-state index in [0.717, 1.165) is 39.7 Å². The third-order valence-electron chi connectivity index (χ3n) is 4.03. The van der Waals surface area contributed by atoms with Gasteiger partial charge in [0.2, 0.25) is 0 Å². The normalized spacial score (nSPS) is 19.7. The lowest BCUT2D eigenvalue weighted by Gasteiger charge is -2.22. The van der Waals surface area contributed by atoms with Gasteiger partial charge in [-0.2, -0.15) is 5.10 Å². The van der Waals surface area contributed by atoms with Crippen molar-refractivity contribution in [2.75, 3.05) is 0 Å². The lowest BCUT2D eigenvalue weighted by Crippen LogP contribution is -2.23. The number of hydrazone groups is 1. The van der Waals surface area contributed by atoms with Crippen LogP contribution in [0, 0.1) is 12.8 Å². The van der Waals surface area contributed by atoms with Crippen molar-refractivity contribution in [3.63, 3.8) is 0 Å². The summed E-state index contributed by atoms with van der Waals surface area (Å²) < 4.78 is 0.920. The number of amides is 1. The number of hydrogen-bond acceptors (Lipinski definition) is 2. The lowest BCUT2D eigenvalue weighted by molar-refractivity contribution is 0.0954. The maximum absolute atomic E-state index is 12.2. The highest BCUT2D eigenvalue weighted by Crippen LogP contribution is 2.26. The highest BCUT2D eigenvalue weighted by Gasteiger charge is 2.19. The van der Waals surface area contributed by atoms with E-state index >= 15 is 0 Å². The van der Waals surface area contributed by atoms with Crippen LogP contribution in [-0.2, 0) is 0 Å². The number of nitrogens with zero attached hydrogens (tertiary/aromatic N) is 1. The molecule has 116 valence electrons. The standard InChI is InChI=1S/C18H21BrN2O/c1-11(2)14-7-6-13(4)17(10-14)20-21-18(22)15-8-5-12(3)16(19)9-15/h5-6,8-9,14H,1,7,10H2,2-4H3,(H,21,22)/t14-/m1/s1. The number of benzene rings is 1. The highest BCUT2D eigenvalue weighted by molar-refractivity contribution is 9.10. The molecule has 1 aliphatic carbocycles. The molecule has 0 radical (unpaired) electrons. The molecular formula is C18H21BrN2O. The predicted molar refractivity (Wildman–Crippen MR) is 95.1 cm³/mol. The molecule has 0 bridgehead atoms. The van der Waals surface area contributed by atoms with Gasteiger partial charge in [0.05, 0.1) is 5.71 Å². The van der Waals surface area contributed by atoms with E-state index in [-0.39, 0.29) is 5.91 Å². The summed E-state index contributed by atoms with van der Waals surface area (Å²) in [6.45, 7) is 10.1. The van der Waals surface area contributed by atoms with Gasteiger partial charge in [-0.1, -0.05) is 40.2 Å². The van der Waals surface area contributed by atoms with Crippen LogP contribution in [0.25, 0.3) is 0 Å². The molecule has 0 saturated carbocycles. The fraction of sp³-hybridized carbons (Fsp3) is 0.333. The second-order valence-electron chi connectivity index (χ2n) is 5.83. The van der Waals surface area contributed by atoms with E-state index in [1.807, 2.05) is 32.9 Å². The molecule has 1 amide bonds. The Labute approximate surface area is 140 Å². The quantitative estimate of drug-likeness (QED) is 0.611. The Morgan fingerprint density at radius 3 is 2.77 bits per heavy atom. The zero-order chi connectivity index (χ0) is 16.3. The average molecular weight is 361 g/mol. The topological polar surface area (TPSA) is 41.5 Å². The average Bonchev–Trinajstić information content (AvgIpc) is 2.48. The lowest BCUT2D eigenvalue weighted by atomic mass is 9.85. The van der Waals surface area contributed by atoms with Gasteiger partial charge in [0, 0.05) is 10.0 Å². The van der Waals surface area contributed by atoms with Crippen LogP contribution in [0.15, 0.2) is 51.6 Å². The fourth-order valence-electron chi connectivity index (χ4n) is 2.34. The second-order valence-corrected chi connectivity index (χ2v) is 6.69. The molecule has 1 aliphatic rings. The van der Waals surface area contributed by atoms with Gasteiger partial charge >= 0.3 is 0 Å². The van der Waals surface area contributed by atoms with E-state index in [2.05, 4.69) is 39.1 Å². The van der Waals surface area contributed by atoms with Crippen molar-refractivity contribution >= 4 is 27.5 Å². The molecule has 0 aromatic heterocycles. The molecule has 0 heterocycles. The number of halogens is 1. The number of carbonyl (C=O) groups excluding carboxylic acids is 1. The molecule has 0 fully saturated rings. The largest absolute Gasteiger partial charge is 0.271 e. The smallest absolute Gasteiger partial charge is 0.267 e. The molecule has 0 unspecified atom stereocenters. The van der Waals surface area contributed by atoms with Crippen LogP contribution >= 0.6 is 15.9 Å². The van der Waals surface area contributed by atoms with Crippen molar-refractivity contribution in [2.24, 2.45) is 11.0 Å². The summed E-state index contributed by atoms with van der Waals surface area (Å²) in [6.07, 6.45) is 3.99. The van der Waals surface area contributed by atoms with Gasteiger partial charge in [-0.25, -0.2) is 5.43 Å². The summed E-state index contributed by atoms with van der Waals surface area (Å²) in [6, 6.07) is 5.52. The molecule has 4 heteroatoms. The van der Waals surface area contributed by atoms with Crippen LogP contribution in [0.5, 0.6) is 0 Å². The van der Waals surface area contributed by atoms with Crippen LogP contribution in [0.2, 0.25) is 0 Å². The number of carbonyl (C=O) groups is 1. The molecule has 1 N–H and O–H groups in total. The predicted octanol–water partition coefficient (Wildman–Crippen LogP) is 4.78. The molecule has 1 atom stereocenters. The van der Waals surface area contributed by atoms with Crippen LogP contribution in [0.3, 0.4) is 0 Å². The molecule has 2 rings (SSSR count). The third kappa shape index (κ3) is 3.95. The Morgan fingerprint density at radius 1 is 1.41 bits per heavy atom. The summed E-state index contributed by atoms with van der Waals surface area (Å²) >= 11 is 3.44. The van der Waals surface area contributed by atoms with Gasteiger partial charge in [-0.15, -0.1) is 0 Å². The Morgan fingerprint density at radius 2 is 2.14 bits per heavy atom. The van der Waals surface area contributed by atoms with Crippen LogP contribution in [0.1, 0.15) is 42.6 Å². The molecule has 3 nitrogen and oxygen atoms in total. The summed E-state index contributed by atoms with van der Waals surface area (Å²) in [5, 5.41) is 4.32. The van der Waals surface area contributed by atoms with Crippen LogP contribution in [0.4, 0.5) is 0 Å². The Bertz CT molecular complexity index is 674. The van der Waals surface area contributed by atoms with Gasteiger partial charge in [0.1, 0.15) is 0 Å². The molecule has 0 spiro atoms. The first-order valence-electron chi connectivity index (χ1n) is 7.34. The third-order valence-corrected chi connectivity index (χ3v) is 4.88. The summed E-state index contributed by atoms with van der Waals surface area (Å²) in [5.74, 6) is 0.214. The molecule has 1 aromatic rings. The highest BCUT2D eigenvalue weighted by atomic mass is 79.9. The maximum Gasteiger partial charge on any atom is 0.271 e. The SMILES string of the molecule is C=C(C)[C@@H]1CC=C(C)C(=NNC(=O)c2ccc(C)c(Br)c2)C1. The van der Waals surface area contributed by atoms with Crippen molar-refractivity contribution in [3.8, 4) is 0 Å². The Balaban J connectivity index is 2.11. The minimum absolute atomic E-state index is 0.196. The van der Waals surface area contributed by atoms with E-state index in [1.165, 1.54) is 0 Å². The van der Waals surface area contributed by atoms with Gasteiger partial charge < -0.3 is 0 Å². The van der Waals surface area contributed by atoms with Gasteiger partial charge in [-0.05, 0) is 62.8 Å². The van der Waals surface area contributed by atoms with Gasteiger partial charge in [-0.3, -0.25) is 4.79 Å². The Hall–Kier alpha value is -1.68. The zero-order valence-corrected chi connectivity index (χ0v) is 14.8. The summed E-state index contributed by atoms with van der Waals surface area (Å²) in [4.78, 5) is 12.2. The van der Waals surface area contributed by atoms with E-state index in [0.29, 0.717) is 11.5 Å². The van der Waals surface area contributed by atoms with Crippen molar-refractivity contribution in [2.45, 2.75) is 33.6 Å². The van der Waals surface area contributed by atoms with E-state index in [9.17, 15) is 4.79 Å². The number of aryl methyl sites for hydroxylation is 1. The summed E-state index contributed by atoms with van der Waals surface area (Å²) in [7, 11) is 0. The first kappa shape index (κ1) is 16.7. The molecule has 0 saturated heterocycles. The van der Waals surface area contributed by atoms with Crippen LogP contribution in [-0.4, -0.2) is 11.6 Å². The van der Waals surface area contributed by atoms with E-state index in [4.69, 9.17) is 0 Å². The van der Waals surface area contributed by atoms with Crippen molar-refractivity contribution in [3.05, 3.63) is 57.6 Å². The molecule has 22 heavy (non-hydrogen) atoms. The minimum Gasteiger partial charge on any atom is -0.267 e. The molecular weight excluding hydrogens is 340 g/mol. The first-order valence-corrected chi connectivity index (χ1v) is 8.13. The van der Waals surface area contributed by atoms with E-state index in [1.54, 1.807) is 6.07 Å². The number of nitrogens with one attached hydrogen (secondary N) is 1. The fourth-order valence-corrected chi connectivity index (χ4v) is 2.72. The van der Waals surface area contributed by atoms with E-state index < -0.39 is 0 Å². The number of allylic oxidation sites excluding steroid dienone is 3. The maximum atomic E-state index is 12.2. The summed E-state index contributed by atoms with van der Waals surface area (Å²) in [5.41, 5.74) is 7.57. The van der Waals surface area contributed by atoms with Crippen molar-refractivity contribution in [1.29, 1.82) is 0 Å². The minimum atomic E-state index is -0.196. The van der Waals surface area contributed by atoms with Crippen molar-refractivity contribution < 1.29 is 4.79 Å².